The molecule has 0 bridgehead atoms. The topological polar surface area (TPSA) is 43.8 Å². The third kappa shape index (κ3) is 3.47. The van der Waals surface area contributed by atoms with Crippen LogP contribution in [0.25, 0.3) is 0 Å². The molecule has 1 N–H and O–H groups in total. The Hall–Kier alpha value is -0.910. The SMILES string of the molecule is CCC(c1scc(C(=O)O)c1C)N1CCC(N(C)C)CC1. The number of carboxylic acids is 1. The summed E-state index contributed by atoms with van der Waals surface area (Å²) in [6.07, 6.45) is 3.42. The summed E-state index contributed by atoms with van der Waals surface area (Å²) in [7, 11) is 4.31. The van der Waals surface area contributed by atoms with Crippen LogP contribution < -0.4 is 0 Å². The van der Waals surface area contributed by atoms with E-state index in [0.29, 0.717) is 17.6 Å². The lowest BCUT2D eigenvalue weighted by Crippen LogP contribution is -2.43. The molecule has 0 saturated carbocycles. The summed E-state index contributed by atoms with van der Waals surface area (Å²) in [6, 6.07) is 1.05. The van der Waals surface area contributed by atoms with Gasteiger partial charge in [-0.15, -0.1) is 11.3 Å². The zero-order chi connectivity index (χ0) is 15.6. The fourth-order valence-corrected chi connectivity index (χ4v) is 4.58. The van der Waals surface area contributed by atoms with Crippen molar-refractivity contribution < 1.29 is 9.90 Å². The van der Waals surface area contributed by atoms with Crippen LogP contribution in [0.15, 0.2) is 5.38 Å². The molecular formula is C16H26N2O2S. The molecule has 21 heavy (non-hydrogen) atoms. The molecule has 2 rings (SSSR count). The van der Waals surface area contributed by atoms with Crippen molar-refractivity contribution in [2.24, 2.45) is 0 Å². The average Bonchev–Trinajstić information content (AvgIpc) is 2.82. The largest absolute Gasteiger partial charge is 0.478 e. The summed E-state index contributed by atoms with van der Waals surface area (Å²) in [5.74, 6) is -0.809. The molecule has 4 nitrogen and oxygen atoms in total. The van der Waals surface area contributed by atoms with E-state index < -0.39 is 5.97 Å². The molecule has 1 atom stereocenters. The first-order valence-corrected chi connectivity index (χ1v) is 8.55. The Labute approximate surface area is 131 Å². The van der Waals surface area contributed by atoms with Crippen LogP contribution in [0.5, 0.6) is 0 Å². The highest BCUT2D eigenvalue weighted by atomic mass is 32.1. The zero-order valence-corrected chi connectivity index (χ0v) is 14.2. The minimum Gasteiger partial charge on any atom is -0.478 e. The Morgan fingerprint density at radius 3 is 2.52 bits per heavy atom. The molecule has 2 heterocycles. The third-order valence-electron chi connectivity index (χ3n) is 4.67. The lowest BCUT2D eigenvalue weighted by molar-refractivity contribution is 0.0696. The Bertz CT molecular complexity index is 490. The maximum Gasteiger partial charge on any atom is 0.336 e. The molecule has 0 spiro atoms. The van der Waals surface area contributed by atoms with Gasteiger partial charge < -0.3 is 10.0 Å². The highest BCUT2D eigenvalue weighted by Crippen LogP contribution is 2.35. The van der Waals surface area contributed by atoms with Crippen molar-refractivity contribution >= 4 is 17.3 Å². The van der Waals surface area contributed by atoms with E-state index in [9.17, 15) is 9.90 Å². The second-order valence-corrected chi connectivity index (χ2v) is 7.01. The number of likely N-dealkylation sites (tertiary alicyclic amines) is 1. The molecule has 5 heteroatoms. The third-order valence-corrected chi connectivity index (χ3v) is 5.85. The van der Waals surface area contributed by atoms with Crippen molar-refractivity contribution in [2.75, 3.05) is 27.2 Å². The van der Waals surface area contributed by atoms with E-state index in [4.69, 9.17) is 0 Å². The number of carboxylic acid groups (broad SMARTS) is 1. The predicted octanol–water partition coefficient (Wildman–Crippen LogP) is 3.23. The fraction of sp³-hybridized carbons (Fsp3) is 0.688. The summed E-state index contributed by atoms with van der Waals surface area (Å²) in [6.45, 7) is 6.34. The van der Waals surface area contributed by atoms with Gasteiger partial charge in [-0.05, 0) is 45.8 Å². The van der Waals surface area contributed by atoms with Crippen LogP contribution in [-0.4, -0.2) is 54.1 Å². The molecule has 0 amide bonds. The van der Waals surface area contributed by atoms with E-state index in [1.807, 2.05) is 6.92 Å². The summed E-state index contributed by atoms with van der Waals surface area (Å²) in [5.41, 5.74) is 1.42. The number of carbonyl (C=O) groups is 1. The van der Waals surface area contributed by atoms with Crippen molar-refractivity contribution in [1.29, 1.82) is 0 Å². The Kier molecular flexibility index (Phi) is 5.41. The van der Waals surface area contributed by atoms with Gasteiger partial charge in [0.05, 0.1) is 5.56 Å². The number of rotatable bonds is 5. The van der Waals surface area contributed by atoms with E-state index in [-0.39, 0.29) is 0 Å². The number of nitrogens with zero attached hydrogens (tertiary/aromatic N) is 2. The van der Waals surface area contributed by atoms with Gasteiger partial charge in [-0.2, -0.15) is 0 Å². The van der Waals surface area contributed by atoms with Crippen molar-refractivity contribution in [2.45, 2.75) is 45.2 Å². The number of hydrogen-bond acceptors (Lipinski definition) is 4. The van der Waals surface area contributed by atoms with Crippen LogP contribution in [0, 0.1) is 6.92 Å². The first-order valence-electron chi connectivity index (χ1n) is 7.67. The fourth-order valence-electron chi connectivity index (χ4n) is 3.29. The molecule has 1 aliphatic rings. The number of piperidine rings is 1. The quantitative estimate of drug-likeness (QED) is 0.907. The van der Waals surface area contributed by atoms with E-state index in [0.717, 1.165) is 25.1 Å². The molecule has 0 aromatic carbocycles. The molecule has 1 aliphatic heterocycles. The van der Waals surface area contributed by atoms with Crippen molar-refractivity contribution in [1.82, 2.24) is 9.80 Å². The van der Waals surface area contributed by atoms with Gasteiger partial charge in [-0.25, -0.2) is 4.79 Å². The summed E-state index contributed by atoms with van der Waals surface area (Å²) in [5, 5.41) is 11.0. The van der Waals surface area contributed by atoms with Crippen molar-refractivity contribution in [3.05, 3.63) is 21.4 Å². The number of thiophene rings is 1. The molecule has 1 aromatic heterocycles. The van der Waals surface area contributed by atoms with Gasteiger partial charge in [0.2, 0.25) is 0 Å². The molecular weight excluding hydrogens is 284 g/mol. The van der Waals surface area contributed by atoms with E-state index in [1.54, 1.807) is 16.7 Å². The highest BCUT2D eigenvalue weighted by Gasteiger charge is 2.28. The van der Waals surface area contributed by atoms with Crippen LogP contribution in [-0.2, 0) is 0 Å². The van der Waals surface area contributed by atoms with Gasteiger partial charge >= 0.3 is 5.97 Å². The van der Waals surface area contributed by atoms with Crippen LogP contribution >= 0.6 is 11.3 Å². The molecule has 0 aliphatic carbocycles. The first kappa shape index (κ1) is 16.5. The smallest absolute Gasteiger partial charge is 0.336 e. The van der Waals surface area contributed by atoms with E-state index >= 15 is 0 Å². The summed E-state index contributed by atoms with van der Waals surface area (Å²) >= 11 is 1.61. The predicted molar refractivity (Wildman–Crippen MR) is 87.3 cm³/mol. The summed E-state index contributed by atoms with van der Waals surface area (Å²) in [4.78, 5) is 17.3. The van der Waals surface area contributed by atoms with E-state index in [1.165, 1.54) is 17.7 Å². The number of hydrogen-bond donors (Lipinski definition) is 1. The zero-order valence-electron chi connectivity index (χ0n) is 13.4. The maximum absolute atomic E-state index is 11.2. The van der Waals surface area contributed by atoms with Gasteiger partial charge in [0.1, 0.15) is 0 Å². The van der Waals surface area contributed by atoms with E-state index in [2.05, 4.69) is 30.8 Å². The molecule has 0 radical (unpaired) electrons. The monoisotopic (exact) mass is 310 g/mol. The molecule has 118 valence electrons. The van der Waals surface area contributed by atoms with Gasteiger partial charge in [-0.1, -0.05) is 6.92 Å². The van der Waals surface area contributed by atoms with Crippen LogP contribution in [0.2, 0.25) is 0 Å². The van der Waals surface area contributed by atoms with Crippen LogP contribution in [0.1, 0.15) is 53.0 Å². The average molecular weight is 310 g/mol. The van der Waals surface area contributed by atoms with Gasteiger partial charge in [-0.3, -0.25) is 4.90 Å². The first-order chi connectivity index (χ1) is 9.95. The lowest BCUT2D eigenvalue weighted by Gasteiger charge is -2.39. The lowest BCUT2D eigenvalue weighted by atomic mass is 9.99. The van der Waals surface area contributed by atoms with Crippen molar-refractivity contribution in [3.63, 3.8) is 0 Å². The molecule has 1 saturated heterocycles. The van der Waals surface area contributed by atoms with Crippen molar-refractivity contribution in [3.8, 4) is 0 Å². The Morgan fingerprint density at radius 1 is 1.48 bits per heavy atom. The number of aromatic carboxylic acids is 1. The minimum absolute atomic E-state index is 0.367. The molecule has 1 aromatic rings. The van der Waals surface area contributed by atoms with Gasteiger partial charge in [0, 0.05) is 35.4 Å². The van der Waals surface area contributed by atoms with Gasteiger partial charge in [0.25, 0.3) is 0 Å². The standard InChI is InChI=1S/C16H26N2O2S/c1-5-14(15-11(2)13(10-21-15)16(19)20)18-8-6-12(7-9-18)17(3)4/h10,12,14H,5-9H2,1-4H3,(H,19,20). The highest BCUT2D eigenvalue weighted by molar-refractivity contribution is 7.10. The molecule has 1 fully saturated rings. The Morgan fingerprint density at radius 2 is 2.10 bits per heavy atom. The second-order valence-electron chi connectivity index (χ2n) is 6.10. The summed E-state index contributed by atoms with van der Waals surface area (Å²) < 4.78 is 0. The van der Waals surface area contributed by atoms with Crippen LogP contribution in [0.4, 0.5) is 0 Å². The van der Waals surface area contributed by atoms with Crippen LogP contribution in [0.3, 0.4) is 0 Å². The minimum atomic E-state index is -0.809. The Balaban J connectivity index is 2.12. The maximum atomic E-state index is 11.2. The normalized spacial score (nSPS) is 19.1. The van der Waals surface area contributed by atoms with Gasteiger partial charge in [0.15, 0.2) is 0 Å². The molecule has 1 unspecified atom stereocenters. The second kappa shape index (κ2) is 6.90.